The van der Waals surface area contributed by atoms with Crippen LogP contribution < -0.4 is 0 Å². The average Bonchev–Trinajstić information content (AvgIpc) is 2.96. The van der Waals surface area contributed by atoms with E-state index in [1.165, 1.54) is 24.3 Å². The largest absolute Gasteiger partial charge is 0.478 e. The summed E-state index contributed by atoms with van der Waals surface area (Å²) in [6.45, 7) is 3.62. The molecule has 0 unspecified atom stereocenters. The third-order valence-corrected chi connectivity index (χ3v) is 6.44. The van der Waals surface area contributed by atoms with Gasteiger partial charge in [-0.3, -0.25) is 4.79 Å². The molecule has 1 aliphatic rings. The van der Waals surface area contributed by atoms with Crippen LogP contribution in [0.15, 0.2) is 84.9 Å². The molecule has 1 aliphatic heterocycles. The molecule has 0 radical (unpaired) electrons. The maximum atomic E-state index is 13.2. The number of piperidine rings is 1. The van der Waals surface area contributed by atoms with Gasteiger partial charge in [0.05, 0.1) is 13.2 Å². The number of ketones is 1. The number of benzene rings is 3. The second-order valence-corrected chi connectivity index (χ2v) is 9.21. The first-order valence-corrected chi connectivity index (χ1v) is 12.8. The van der Waals surface area contributed by atoms with Crippen molar-refractivity contribution in [3.8, 4) is 11.1 Å². The lowest BCUT2D eigenvalue weighted by molar-refractivity contribution is -0.134. The molecule has 7 nitrogen and oxygen atoms in total. The van der Waals surface area contributed by atoms with Crippen LogP contribution in [-0.2, 0) is 20.9 Å². The van der Waals surface area contributed by atoms with Crippen molar-refractivity contribution in [2.75, 3.05) is 26.2 Å². The van der Waals surface area contributed by atoms with E-state index >= 15 is 0 Å². The van der Waals surface area contributed by atoms with Gasteiger partial charge in [0.15, 0.2) is 5.78 Å². The molecule has 1 fully saturated rings. The van der Waals surface area contributed by atoms with Crippen molar-refractivity contribution in [2.45, 2.75) is 19.4 Å². The van der Waals surface area contributed by atoms with Crippen molar-refractivity contribution in [3.05, 3.63) is 108 Å². The summed E-state index contributed by atoms with van der Waals surface area (Å²) in [7, 11) is 0. The van der Waals surface area contributed by atoms with E-state index in [9.17, 15) is 23.2 Å². The maximum absolute atomic E-state index is 13.2. The molecule has 4 rings (SSSR count). The van der Waals surface area contributed by atoms with Crippen LogP contribution in [0.1, 0.15) is 28.8 Å². The molecule has 40 heavy (non-hydrogen) atoms. The van der Waals surface area contributed by atoms with Gasteiger partial charge >= 0.3 is 11.9 Å². The highest BCUT2D eigenvalue weighted by Crippen LogP contribution is 2.25. The molecular formula is C31H31F2NO6. The first kappa shape index (κ1) is 30.3. The van der Waals surface area contributed by atoms with Crippen molar-refractivity contribution < 1.29 is 38.1 Å². The van der Waals surface area contributed by atoms with Crippen molar-refractivity contribution in [2.24, 2.45) is 5.92 Å². The number of carbonyl (C=O) groups is 3. The third-order valence-electron chi connectivity index (χ3n) is 6.44. The van der Waals surface area contributed by atoms with Crippen LogP contribution in [0.2, 0.25) is 0 Å². The van der Waals surface area contributed by atoms with Crippen LogP contribution >= 0.6 is 0 Å². The van der Waals surface area contributed by atoms with Gasteiger partial charge < -0.3 is 19.8 Å². The summed E-state index contributed by atoms with van der Waals surface area (Å²) in [6.07, 6.45) is 2.73. The van der Waals surface area contributed by atoms with Crippen LogP contribution in [-0.4, -0.2) is 59.1 Å². The second-order valence-electron chi connectivity index (χ2n) is 9.21. The van der Waals surface area contributed by atoms with Gasteiger partial charge in [-0.2, -0.15) is 0 Å². The van der Waals surface area contributed by atoms with Gasteiger partial charge in [-0.05, 0) is 79.0 Å². The number of hydrogen-bond donors (Lipinski definition) is 2. The quantitative estimate of drug-likeness (QED) is 0.196. The van der Waals surface area contributed by atoms with Crippen LogP contribution in [0.5, 0.6) is 0 Å². The molecule has 1 heterocycles. The van der Waals surface area contributed by atoms with E-state index in [0.717, 1.165) is 49.2 Å². The smallest absolute Gasteiger partial charge is 0.328 e. The van der Waals surface area contributed by atoms with E-state index in [-0.39, 0.29) is 23.3 Å². The number of carboxylic acids is 2. The molecule has 0 bridgehead atoms. The minimum Gasteiger partial charge on any atom is -0.478 e. The summed E-state index contributed by atoms with van der Waals surface area (Å²) in [6, 6.07) is 20.3. The first-order chi connectivity index (χ1) is 19.2. The molecular weight excluding hydrogens is 520 g/mol. The first-order valence-electron chi connectivity index (χ1n) is 12.8. The zero-order valence-corrected chi connectivity index (χ0v) is 21.8. The van der Waals surface area contributed by atoms with E-state index in [4.69, 9.17) is 14.9 Å². The Morgan fingerprint density at radius 1 is 0.825 bits per heavy atom. The maximum Gasteiger partial charge on any atom is 0.328 e. The van der Waals surface area contributed by atoms with Crippen molar-refractivity contribution in [1.82, 2.24) is 4.90 Å². The van der Waals surface area contributed by atoms with E-state index in [0.29, 0.717) is 30.9 Å². The van der Waals surface area contributed by atoms with Crippen molar-refractivity contribution in [3.63, 3.8) is 0 Å². The van der Waals surface area contributed by atoms with Crippen LogP contribution in [0.25, 0.3) is 11.1 Å². The predicted molar refractivity (Wildman–Crippen MR) is 146 cm³/mol. The Hall–Kier alpha value is -4.21. The fourth-order valence-corrected chi connectivity index (χ4v) is 4.34. The predicted octanol–water partition coefficient (Wildman–Crippen LogP) is 5.46. The minimum absolute atomic E-state index is 0.000200. The van der Waals surface area contributed by atoms with E-state index in [1.54, 1.807) is 24.3 Å². The zero-order chi connectivity index (χ0) is 28.9. The third kappa shape index (κ3) is 9.83. The van der Waals surface area contributed by atoms with Crippen molar-refractivity contribution >= 4 is 17.7 Å². The van der Waals surface area contributed by atoms with Crippen molar-refractivity contribution in [1.29, 1.82) is 0 Å². The number of rotatable bonds is 10. The molecule has 0 atom stereocenters. The number of likely N-dealkylation sites (tertiary alicyclic amines) is 1. The fourth-order valence-electron chi connectivity index (χ4n) is 4.34. The number of hydrogen-bond acceptors (Lipinski definition) is 5. The summed E-state index contributed by atoms with van der Waals surface area (Å²) in [5.74, 6) is -2.97. The second kappa shape index (κ2) is 15.4. The van der Waals surface area contributed by atoms with Gasteiger partial charge in [0, 0.05) is 30.2 Å². The average molecular weight is 552 g/mol. The van der Waals surface area contributed by atoms with Crippen LogP contribution in [0, 0.1) is 17.6 Å². The van der Waals surface area contributed by atoms with E-state index in [2.05, 4.69) is 4.90 Å². The Bertz CT molecular complexity index is 1280. The number of nitrogens with zero attached hydrogens (tertiary/aromatic N) is 1. The Morgan fingerprint density at radius 2 is 1.38 bits per heavy atom. The zero-order valence-electron chi connectivity index (χ0n) is 21.8. The molecule has 0 aliphatic carbocycles. The highest BCUT2D eigenvalue weighted by Gasteiger charge is 2.25. The Kier molecular flexibility index (Phi) is 11.7. The van der Waals surface area contributed by atoms with Gasteiger partial charge in [0.25, 0.3) is 0 Å². The molecule has 0 aromatic heterocycles. The minimum atomic E-state index is -1.26. The molecule has 9 heteroatoms. The molecule has 0 saturated carbocycles. The van der Waals surface area contributed by atoms with Crippen LogP contribution in [0.4, 0.5) is 8.78 Å². The number of ether oxygens (including phenoxy) is 1. The summed E-state index contributed by atoms with van der Waals surface area (Å²) < 4.78 is 32.3. The fraction of sp³-hybridized carbons (Fsp3) is 0.258. The molecule has 0 spiro atoms. The Morgan fingerprint density at radius 3 is 1.95 bits per heavy atom. The monoisotopic (exact) mass is 551 g/mol. The van der Waals surface area contributed by atoms with Crippen LogP contribution in [0.3, 0.4) is 0 Å². The molecule has 3 aromatic rings. The molecule has 210 valence electrons. The summed E-state index contributed by atoms with van der Waals surface area (Å²) >= 11 is 0. The van der Waals surface area contributed by atoms with E-state index < -0.39 is 11.9 Å². The highest BCUT2D eigenvalue weighted by atomic mass is 19.1. The molecule has 0 amide bonds. The number of halogens is 2. The highest BCUT2D eigenvalue weighted by molar-refractivity contribution is 5.97. The standard InChI is InChI=1S/C27H27F2NO2.C4H4O4/c28-24-9-5-20(6-10-24)26-4-2-1-3-23(26)19-32-18-17-30-15-13-22(14-16-30)27(31)21-7-11-25(29)12-8-21;5-3(6)1-2-4(7)8/h1-12,22H,13-19H2;1-2H,(H,5,6)(H,7,8). The number of aliphatic carboxylic acids is 2. The summed E-state index contributed by atoms with van der Waals surface area (Å²) in [5.41, 5.74) is 3.68. The summed E-state index contributed by atoms with van der Waals surface area (Å²) in [4.78, 5) is 34.0. The van der Waals surface area contributed by atoms with Gasteiger partial charge in [0.2, 0.25) is 0 Å². The lowest BCUT2D eigenvalue weighted by Gasteiger charge is -2.31. The van der Waals surface area contributed by atoms with Gasteiger partial charge in [-0.15, -0.1) is 0 Å². The number of carbonyl (C=O) groups excluding carboxylic acids is 1. The molecule has 3 aromatic carbocycles. The molecule has 2 N–H and O–H groups in total. The van der Waals surface area contributed by atoms with E-state index in [1.807, 2.05) is 24.3 Å². The Labute approximate surface area is 231 Å². The van der Waals surface area contributed by atoms with Gasteiger partial charge in [0.1, 0.15) is 11.6 Å². The molecule has 1 saturated heterocycles. The lowest BCUT2D eigenvalue weighted by atomic mass is 9.89. The normalized spacial score (nSPS) is 13.9. The lowest BCUT2D eigenvalue weighted by Crippen LogP contribution is -2.38. The number of Topliss-reactive ketones (excluding diaryl/α,β-unsaturated/α-hetero) is 1. The summed E-state index contributed by atoms with van der Waals surface area (Å²) in [5, 5.41) is 15.6. The SMILES string of the molecule is O=C(O)C=CC(=O)O.O=C(c1ccc(F)cc1)C1CCN(CCOCc2ccccc2-c2ccc(F)cc2)CC1. The topological polar surface area (TPSA) is 104 Å². The number of carboxylic acid groups (broad SMARTS) is 2. The Balaban J connectivity index is 0.000000482. The van der Waals surface area contributed by atoms with Gasteiger partial charge in [-0.1, -0.05) is 36.4 Å². The van der Waals surface area contributed by atoms with Gasteiger partial charge in [-0.25, -0.2) is 18.4 Å².